The van der Waals surface area contributed by atoms with Crippen molar-refractivity contribution in [2.45, 2.75) is 19.8 Å². The molecule has 26 heavy (non-hydrogen) atoms. The van der Waals surface area contributed by atoms with E-state index < -0.39 is 0 Å². The Balaban J connectivity index is 0.00000338. The molecule has 2 rings (SSSR count). The summed E-state index contributed by atoms with van der Waals surface area (Å²) in [5.41, 5.74) is 0.638. The van der Waals surface area contributed by atoms with E-state index in [2.05, 4.69) is 20.9 Å². The maximum Gasteiger partial charge on any atom is 0.251 e. The number of likely N-dealkylation sites (tertiary alicyclic amines) is 1. The molecule has 8 heteroatoms. The van der Waals surface area contributed by atoms with Gasteiger partial charge in [0.2, 0.25) is 5.91 Å². The van der Waals surface area contributed by atoms with E-state index in [1.54, 1.807) is 12.1 Å². The van der Waals surface area contributed by atoms with Crippen LogP contribution in [0.5, 0.6) is 0 Å². The van der Waals surface area contributed by atoms with Gasteiger partial charge in [-0.1, -0.05) is 18.2 Å². The molecule has 0 atom stereocenters. The van der Waals surface area contributed by atoms with Crippen molar-refractivity contribution in [3.63, 3.8) is 0 Å². The lowest BCUT2D eigenvalue weighted by molar-refractivity contribution is -0.128. The topological polar surface area (TPSA) is 85.8 Å². The second kappa shape index (κ2) is 12.5. The van der Waals surface area contributed by atoms with Gasteiger partial charge in [0.1, 0.15) is 6.54 Å². The van der Waals surface area contributed by atoms with E-state index in [0.29, 0.717) is 31.2 Å². The molecule has 144 valence electrons. The average molecular weight is 473 g/mol. The molecule has 1 aromatic rings. The molecule has 0 saturated carbocycles. The standard InChI is InChI=1S/C18H27N5O2.HI/c1-2-19-18(22-14-16(24)23-12-6-7-13-23)21-11-10-20-17(25)15-8-4-3-5-9-15;/h3-5,8-9H,2,6-7,10-14H2,1H3,(H,20,25)(H2,19,21,22);1H. The summed E-state index contributed by atoms with van der Waals surface area (Å²) in [6.45, 7) is 5.50. The minimum Gasteiger partial charge on any atom is -0.357 e. The average Bonchev–Trinajstić information content (AvgIpc) is 3.18. The van der Waals surface area contributed by atoms with Gasteiger partial charge in [-0.3, -0.25) is 9.59 Å². The van der Waals surface area contributed by atoms with Crippen LogP contribution in [-0.2, 0) is 4.79 Å². The Morgan fingerprint density at radius 2 is 1.69 bits per heavy atom. The Hall–Kier alpha value is -1.84. The van der Waals surface area contributed by atoms with Gasteiger partial charge < -0.3 is 20.9 Å². The number of guanidine groups is 1. The molecule has 0 bridgehead atoms. The van der Waals surface area contributed by atoms with Crippen LogP contribution in [-0.4, -0.2) is 61.9 Å². The normalized spacial score (nSPS) is 13.7. The molecule has 0 aromatic heterocycles. The lowest BCUT2D eigenvalue weighted by Crippen LogP contribution is -2.42. The predicted octanol–water partition coefficient (Wildman–Crippen LogP) is 1.21. The summed E-state index contributed by atoms with van der Waals surface area (Å²) in [6, 6.07) is 9.10. The van der Waals surface area contributed by atoms with Crippen molar-refractivity contribution in [3.8, 4) is 0 Å². The fourth-order valence-corrected chi connectivity index (χ4v) is 2.60. The number of aliphatic imine (C=N–C) groups is 1. The number of hydrogen-bond donors (Lipinski definition) is 3. The first-order valence-electron chi connectivity index (χ1n) is 8.84. The van der Waals surface area contributed by atoms with Gasteiger partial charge in [0.15, 0.2) is 5.96 Å². The van der Waals surface area contributed by atoms with Crippen LogP contribution >= 0.6 is 24.0 Å². The number of benzene rings is 1. The summed E-state index contributed by atoms with van der Waals surface area (Å²) in [7, 11) is 0. The highest BCUT2D eigenvalue weighted by atomic mass is 127. The molecule has 2 amide bonds. The molecule has 1 aliphatic rings. The van der Waals surface area contributed by atoms with Gasteiger partial charge >= 0.3 is 0 Å². The first-order valence-corrected chi connectivity index (χ1v) is 8.84. The second-order valence-corrected chi connectivity index (χ2v) is 5.83. The van der Waals surface area contributed by atoms with Crippen molar-refractivity contribution >= 4 is 41.8 Å². The minimum absolute atomic E-state index is 0. The Morgan fingerprint density at radius 1 is 1.04 bits per heavy atom. The first kappa shape index (κ1) is 22.2. The van der Waals surface area contributed by atoms with Crippen LogP contribution < -0.4 is 16.0 Å². The summed E-state index contributed by atoms with van der Waals surface area (Å²) in [4.78, 5) is 30.2. The monoisotopic (exact) mass is 473 g/mol. The summed E-state index contributed by atoms with van der Waals surface area (Å²) >= 11 is 0. The van der Waals surface area contributed by atoms with Crippen LogP contribution in [0.1, 0.15) is 30.1 Å². The van der Waals surface area contributed by atoms with Crippen LogP contribution in [0.25, 0.3) is 0 Å². The van der Waals surface area contributed by atoms with Crippen LogP contribution in [0, 0.1) is 0 Å². The van der Waals surface area contributed by atoms with Gasteiger partial charge in [-0.2, -0.15) is 0 Å². The van der Waals surface area contributed by atoms with Gasteiger partial charge in [0, 0.05) is 38.3 Å². The number of nitrogens with zero attached hydrogens (tertiary/aromatic N) is 2. The van der Waals surface area contributed by atoms with Gasteiger partial charge in [-0.25, -0.2) is 4.99 Å². The third kappa shape index (κ3) is 7.59. The molecule has 7 nitrogen and oxygen atoms in total. The lowest BCUT2D eigenvalue weighted by atomic mass is 10.2. The highest BCUT2D eigenvalue weighted by Gasteiger charge is 2.17. The van der Waals surface area contributed by atoms with E-state index in [-0.39, 0.29) is 42.3 Å². The Labute approximate surface area is 172 Å². The third-order valence-corrected chi connectivity index (χ3v) is 3.91. The smallest absolute Gasteiger partial charge is 0.251 e. The second-order valence-electron chi connectivity index (χ2n) is 5.83. The lowest BCUT2D eigenvalue weighted by Gasteiger charge is -2.15. The number of amides is 2. The number of halogens is 1. The maximum atomic E-state index is 12.0. The van der Waals surface area contributed by atoms with Crippen molar-refractivity contribution in [1.29, 1.82) is 0 Å². The molecule has 0 aliphatic carbocycles. The highest BCUT2D eigenvalue weighted by molar-refractivity contribution is 14.0. The van der Waals surface area contributed by atoms with Gasteiger partial charge in [0.05, 0.1) is 0 Å². The fraction of sp³-hybridized carbons (Fsp3) is 0.500. The highest BCUT2D eigenvalue weighted by Crippen LogP contribution is 2.07. The molecule has 0 radical (unpaired) electrons. The molecule has 1 heterocycles. The van der Waals surface area contributed by atoms with Crippen LogP contribution in [0.2, 0.25) is 0 Å². The molecular formula is C18H28IN5O2. The molecule has 1 aromatic carbocycles. The van der Waals surface area contributed by atoms with E-state index in [1.807, 2.05) is 30.0 Å². The molecule has 0 spiro atoms. The maximum absolute atomic E-state index is 12.0. The van der Waals surface area contributed by atoms with Crippen molar-refractivity contribution in [2.75, 3.05) is 39.3 Å². The van der Waals surface area contributed by atoms with E-state index in [4.69, 9.17) is 0 Å². The SMILES string of the molecule is CCNC(=NCC(=O)N1CCCC1)NCCNC(=O)c1ccccc1.I. The predicted molar refractivity (Wildman–Crippen MR) is 114 cm³/mol. The van der Waals surface area contributed by atoms with Crippen molar-refractivity contribution < 1.29 is 9.59 Å². The van der Waals surface area contributed by atoms with Gasteiger partial charge in [0.25, 0.3) is 5.91 Å². The summed E-state index contributed by atoms with van der Waals surface area (Å²) in [5, 5.41) is 9.08. The quantitative estimate of drug-likeness (QED) is 0.241. The van der Waals surface area contributed by atoms with Gasteiger partial charge in [-0.05, 0) is 31.9 Å². The molecule has 1 fully saturated rings. The molecule has 3 N–H and O–H groups in total. The van der Waals surface area contributed by atoms with E-state index >= 15 is 0 Å². The number of carbonyl (C=O) groups is 2. The molecule has 1 aliphatic heterocycles. The fourth-order valence-electron chi connectivity index (χ4n) is 2.60. The Morgan fingerprint density at radius 3 is 2.35 bits per heavy atom. The van der Waals surface area contributed by atoms with Crippen LogP contribution in [0.3, 0.4) is 0 Å². The minimum atomic E-state index is -0.103. The van der Waals surface area contributed by atoms with E-state index in [9.17, 15) is 9.59 Å². The number of carbonyl (C=O) groups excluding carboxylic acids is 2. The Kier molecular flexibility index (Phi) is 10.7. The number of hydrogen-bond acceptors (Lipinski definition) is 3. The summed E-state index contributed by atoms with van der Waals surface area (Å²) in [5.74, 6) is 0.546. The summed E-state index contributed by atoms with van der Waals surface area (Å²) in [6.07, 6.45) is 2.16. The van der Waals surface area contributed by atoms with E-state index in [0.717, 1.165) is 25.9 Å². The van der Waals surface area contributed by atoms with Crippen LogP contribution in [0.15, 0.2) is 35.3 Å². The van der Waals surface area contributed by atoms with Crippen molar-refractivity contribution in [3.05, 3.63) is 35.9 Å². The van der Waals surface area contributed by atoms with Gasteiger partial charge in [-0.15, -0.1) is 24.0 Å². The number of rotatable bonds is 7. The zero-order valence-corrected chi connectivity index (χ0v) is 17.5. The molecule has 0 unspecified atom stereocenters. The zero-order valence-electron chi connectivity index (χ0n) is 15.2. The number of nitrogens with one attached hydrogen (secondary N) is 3. The van der Waals surface area contributed by atoms with Crippen molar-refractivity contribution in [1.82, 2.24) is 20.9 Å². The zero-order chi connectivity index (χ0) is 17.9. The molecule has 1 saturated heterocycles. The molecular weight excluding hydrogens is 445 g/mol. The summed E-state index contributed by atoms with van der Waals surface area (Å²) < 4.78 is 0. The van der Waals surface area contributed by atoms with Crippen LogP contribution in [0.4, 0.5) is 0 Å². The third-order valence-electron chi connectivity index (χ3n) is 3.91. The van der Waals surface area contributed by atoms with Crippen molar-refractivity contribution in [2.24, 2.45) is 4.99 Å². The van der Waals surface area contributed by atoms with E-state index in [1.165, 1.54) is 0 Å². The largest absolute Gasteiger partial charge is 0.357 e. The first-order chi connectivity index (χ1) is 12.2. The Bertz CT molecular complexity index is 589.